The van der Waals surface area contributed by atoms with Gasteiger partial charge in [0.15, 0.2) is 5.16 Å². The molecule has 0 aliphatic carbocycles. The number of imide groups is 1. The SMILES string of the molecule is CCCn1c(SC(C(=O)NC(N)=O)C(C)C)nc2cc(Cl)ccc2c1=O. The number of hydrogen-bond acceptors (Lipinski definition) is 5. The van der Waals surface area contributed by atoms with Gasteiger partial charge in [-0.05, 0) is 30.5 Å². The first-order valence-corrected chi connectivity index (χ1v) is 9.47. The summed E-state index contributed by atoms with van der Waals surface area (Å²) in [5, 5.41) is 2.82. The maximum atomic E-state index is 12.8. The van der Waals surface area contributed by atoms with Crippen molar-refractivity contribution in [2.45, 2.75) is 44.1 Å². The minimum atomic E-state index is -0.912. The van der Waals surface area contributed by atoms with E-state index in [1.807, 2.05) is 20.8 Å². The number of aromatic nitrogens is 2. The quantitative estimate of drug-likeness (QED) is 0.576. The van der Waals surface area contributed by atoms with Gasteiger partial charge in [-0.2, -0.15) is 0 Å². The van der Waals surface area contributed by atoms with E-state index in [-0.39, 0.29) is 11.5 Å². The molecule has 0 radical (unpaired) electrons. The molecule has 0 fully saturated rings. The summed E-state index contributed by atoms with van der Waals surface area (Å²) in [6.45, 7) is 6.11. The van der Waals surface area contributed by atoms with Gasteiger partial charge < -0.3 is 5.73 Å². The Labute approximate surface area is 160 Å². The number of hydrogen-bond donors (Lipinski definition) is 2. The van der Waals surface area contributed by atoms with Crippen LogP contribution in [0.15, 0.2) is 28.2 Å². The Bertz CT molecular complexity index is 897. The standard InChI is InChI=1S/C17H21ClN4O3S/c1-4-7-22-15(24)11-6-5-10(18)8-12(11)20-17(22)26-13(9(2)3)14(23)21-16(19)25/h5-6,8-9,13H,4,7H2,1-3H3,(H3,19,21,23,25). The first-order chi connectivity index (χ1) is 12.2. The van der Waals surface area contributed by atoms with Crippen LogP contribution >= 0.6 is 23.4 Å². The van der Waals surface area contributed by atoms with Crippen molar-refractivity contribution >= 4 is 46.2 Å². The summed E-state index contributed by atoms with van der Waals surface area (Å²) >= 11 is 7.15. The second-order valence-corrected chi connectivity index (χ2v) is 7.69. The molecule has 26 heavy (non-hydrogen) atoms. The number of benzene rings is 1. The van der Waals surface area contributed by atoms with Crippen molar-refractivity contribution in [1.29, 1.82) is 0 Å². The molecule has 1 aromatic heterocycles. The van der Waals surface area contributed by atoms with Gasteiger partial charge in [0.1, 0.15) is 0 Å². The topological polar surface area (TPSA) is 107 Å². The van der Waals surface area contributed by atoms with Crippen molar-refractivity contribution in [1.82, 2.24) is 14.9 Å². The molecule has 1 aromatic carbocycles. The van der Waals surface area contributed by atoms with Gasteiger partial charge in [0, 0.05) is 11.6 Å². The number of nitrogens with two attached hydrogens (primary N) is 1. The molecule has 140 valence electrons. The lowest BCUT2D eigenvalue weighted by Crippen LogP contribution is -2.42. The summed E-state index contributed by atoms with van der Waals surface area (Å²) in [6, 6.07) is 4.00. The maximum Gasteiger partial charge on any atom is 0.318 e. The van der Waals surface area contributed by atoms with Crippen molar-refractivity contribution < 1.29 is 9.59 Å². The molecule has 1 unspecified atom stereocenters. The highest BCUT2D eigenvalue weighted by Gasteiger charge is 2.27. The summed E-state index contributed by atoms with van der Waals surface area (Å²) in [5.41, 5.74) is 5.33. The number of urea groups is 1. The predicted octanol–water partition coefficient (Wildman–Crippen LogP) is 2.77. The van der Waals surface area contributed by atoms with Gasteiger partial charge >= 0.3 is 6.03 Å². The Morgan fingerprint density at radius 2 is 2.08 bits per heavy atom. The minimum Gasteiger partial charge on any atom is -0.351 e. The predicted molar refractivity (Wildman–Crippen MR) is 104 cm³/mol. The van der Waals surface area contributed by atoms with E-state index in [0.29, 0.717) is 27.6 Å². The highest BCUT2D eigenvalue weighted by molar-refractivity contribution is 8.00. The summed E-state index contributed by atoms with van der Waals surface area (Å²) in [7, 11) is 0. The van der Waals surface area contributed by atoms with Crippen molar-refractivity contribution in [3.05, 3.63) is 33.6 Å². The molecular formula is C17H21ClN4O3S. The smallest absolute Gasteiger partial charge is 0.318 e. The molecule has 0 spiro atoms. The molecule has 2 rings (SSSR count). The van der Waals surface area contributed by atoms with E-state index in [0.717, 1.165) is 18.2 Å². The molecule has 7 nitrogen and oxygen atoms in total. The molecule has 0 saturated carbocycles. The monoisotopic (exact) mass is 396 g/mol. The molecular weight excluding hydrogens is 376 g/mol. The molecule has 3 N–H and O–H groups in total. The van der Waals surface area contributed by atoms with E-state index in [4.69, 9.17) is 17.3 Å². The Morgan fingerprint density at radius 1 is 1.38 bits per heavy atom. The fourth-order valence-corrected chi connectivity index (χ4v) is 3.77. The Balaban J connectivity index is 2.54. The molecule has 0 saturated heterocycles. The van der Waals surface area contributed by atoms with Crippen LogP contribution in [0.1, 0.15) is 27.2 Å². The van der Waals surface area contributed by atoms with E-state index in [1.54, 1.807) is 22.8 Å². The molecule has 0 bridgehead atoms. The van der Waals surface area contributed by atoms with Gasteiger partial charge in [-0.25, -0.2) is 9.78 Å². The molecule has 1 heterocycles. The largest absolute Gasteiger partial charge is 0.351 e. The normalized spacial score (nSPS) is 12.3. The third-order valence-corrected chi connectivity index (χ3v) is 5.44. The summed E-state index contributed by atoms with van der Waals surface area (Å²) in [6.07, 6.45) is 0.730. The van der Waals surface area contributed by atoms with Gasteiger partial charge in [-0.15, -0.1) is 0 Å². The number of carbonyl (C=O) groups is 2. The number of primary amides is 1. The number of halogens is 1. The number of amides is 3. The van der Waals surface area contributed by atoms with Crippen LogP contribution in [0.25, 0.3) is 10.9 Å². The second kappa shape index (κ2) is 8.55. The number of carbonyl (C=O) groups excluding carboxylic acids is 2. The molecule has 0 aliphatic rings. The number of fused-ring (bicyclic) bond motifs is 1. The first-order valence-electron chi connectivity index (χ1n) is 8.21. The van der Waals surface area contributed by atoms with Crippen molar-refractivity contribution in [3.63, 3.8) is 0 Å². The Hall–Kier alpha value is -2.06. The molecule has 3 amide bonds. The van der Waals surface area contributed by atoms with E-state index in [2.05, 4.69) is 10.3 Å². The van der Waals surface area contributed by atoms with Crippen LogP contribution in [0.3, 0.4) is 0 Å². The van der Waals surface area contributed by atoms with Gasteiger partial charge in [0.05, 0.1) is 16.2 Å². The number of nitrogens with one attached hydrogen (secondary N) is 1. The van der Waals surface area contributed by atoms with Crippen molar-refractivity contribution in [3.8, 4) is 0 Å². The molecule has 2 aromatic rings. The van der Waals surface area contributed by atoms with Crippen molar-refractivity contribution in [2.24, 2.45) is 11.7 Å². The zero-order valence-electron chi connectivity index (χ0n) is 14.8. The van der Waals surface area contributed by atoms with Gasteiger partial charge in [-0.1, -0.05) is 44.1 Å². The fourth-order valence-electron chi connectivity index (χ4n) is 2.48. The van der Waals surface area contributed by atoms with Crippen LogP contribution < -0.4 is 16.6 Å². The number of rotatable bonds is 6. The zero-order chi connectivity index (χ0) is 19.4. The van der Waals surface area contributed by atoms with E-state index < -0.39 is 17.2 Å². The average Bonchev–Trinajstić information content (AvgIpc) is 2.54. The van der Waals surface area contributed by atoms with E-state index >= 15 is 0 Å². The fraction of sp³-hybridized carbons (Fsp3) is 0.412. The highest BCUT2D eigenvalue weighted by Crippen LogP contribution is 2.28. The van der Waals surface area contributed by atoms with Crippen LogP contribution in [0.5, 0.6) is 0 Å². The molecule has 1 atom stereocenters. The highest BCUT2D eigenvalue weighted by atomic mass is 35.5. The van der Waals surface area contributed by atoms with Crippen LogP contribution in [0.4, 0.5) is 4.79 Å². The van der Waals surface area contributed by atoms with E-state index in [1.165, 1.54) is 0 Å². The minimum absolute atomic E-state index is 0.110. The van der Waals surface area contributed by atoms with Crippen LogP contribution in [0, 0.1) is 5.92 Å². The summed E-state index contributed by atoms with van der Waals surface area (Å²) < 4.78 is 1.55. The lowest BCUT2D eigenvalue weighted by molar-refractivity contribution is -0.120. The van der Waals surface area contributed by atoms with E-state index in [9.17, 15) is 14.4 Å². The maximum absolute atomic E-state index is 12.8. The third kappa shape index (κ3) is 4.56. The van der Waals surface area contributed by atoms with Crippen molar-refractivity contribution in [2.75, 3.05) is 0 Å². The van der Waals surface area contributed by atoms with Gasteiger partial charge in [0.25, 0.3) is 5.56 Å². The summed E-state index contributed by atoms with van der Waals surface area (Å²) in [5.74, 6) is -0.623. The number of thioether (sulfide) groups is 1. The van der Waals surface area contributed by atoms with Gasteiger partial charge in [0.2, 0.25) is 5.91 Å². The lowest BCUT2D eigenvalue weighted by atomic mass is 10.1. The number of nitrogens with zero attached hydrogens (tertiary/aromatic N) is 2. The summed E-state index contributed by atoms with van der Waals surface area (Å²) in [4.78, 5) is 40.7. The average molecular weight is 397 g/mol. The third-order valence-electron chi connectivity index (χ3n) is 3.67. The second-order valence-electron chi connectivity index (χ2n) is 6.15. The Morgan fingerprint density at radius 3 is 2.65 bits per heavy atom. The molecule has 0 aliphatic heterocycles. The van der Waals surface area contributed by atoms with Crippen LogP contribution in [-0.4, -0.2) is 26.7 Å². The first kappa shape index (κ1) is 20.3. The van der Waals surface area contributed by atoms with Crippen LogP contribution in [0.2, 0.25) is 5.02 Å². The van der Waals surface area contributed by atoms with Gasteiger partial charge in [-0.3, -0.25) is 19.5 Å². The molecule has 9 heteroatoms. The lowest BCUT2D eigenvalue weighted by Gasteiger charge is -2.20. The zero-order valence-corrected chi connectivity index (χ0v) is 16.4. The van der Waals surface area contributed by atoms with Crippen LogP contribution in [-0.2, 0) is 11.3 Å². The Kier molecular flexibility index (Phi) is 6.66.